The monoisotopic (exact) mass is 470 g/mol. The molecule has 3 nitrogen and oxygen atoms in total. The summed E-state index contributed by atoms with van der Waals surface area (Å²) in [6.07, 6.45) is 17.6. The minimum Gasteiger partial charge on any atom is -0.298 e. The fraction of sp³-hybridized carbons (Fsp3) is 0.710. The molecule has 3 heteroatoms. The predicted octanol–water partition coefficient (Wildman–Crippen LogP) is 7.75. The number of hydrogen-bond donors (Lipinski definition) is 0. The lowest BCUT2D eigenvalue weighted by atomic mass is 10.0. The Morgan fingerprint density at radius 2 is 1.32 bits per heavy atom. The number of hydrogen-bond acceptors (Lipinski definition) is 3. The summed E-state index contributed by atoms with van der Waals surface area (Å²) in [6, 6.07) is 0.0664. The van der Waals surface area contributed by atoms with Crippen LogP contribution in [0.25, 0.3) is 0 Å². The summed E-state index contributed by atoms with van der Waals surface area (Å²) >= 11 is 0. The maximum absolute atomic E-state index is 12.2. The molecular formula is C31H54N2O. The molecule has 0 aliphatic carbocycles. The van der Waals surface area contributed by atoms with Crippen molar-refractivity contribution < 1.29 is 4.79 Å². The molecule has 0 aromatic rings. The van der Waals surface area contributed by atoms with Crippen LogP contribution in [0, 0.1) is 5.92 Å². The van der Waals surface area contributed by atoms with Gasteiger partial charge in [0.1, 0.15) is 5.78 Å². The van der Waals surface area contributed by atoms with Crippen LogP contribution in [-0.4, -0.2) is 54.3 Å². The molecule has 0 amide bonds. The zero-order chi connectivity index (χ0) is 25.5. The van der Waals surface area contributed by atoms with Crippen molar-refractivity contribution in [1.29, 1.82) is 0 Å². The summed E-state index contributed by atoms with van der Waals surface area (Å²) in [7, 11) is 0. The number of carbonyl (C=O) groups excluding carboxylic acids is 1. The van der Waals surface area contributed by atoms with Crippen molar-refractivity contribution in [2.45, 2.75) is 106 Å². The van der Waals surface area contributed by atoms with Crippen molar-refractivity contribution in [3.63, 3.8) is 0 Å². The topological polar surface area (TPSA) is 23.6 Å². The van der Waals surface area contributed by atoms with Crippen LogP contribution in [0.15, 0.2) is 46.6 Å². The van der Waals surface area contributed by atoms with E-state index in [0.717, 1.165) is 64.8 Å². The Morgan fingerprint density at radius 1 is 0.794 bits per heavy atom. The molecule has 1 saturated heterocycles. The Morgan fingerprint density at radius 3 is 1.82 bits per heavy atom. The van der Waals surface area contributed by atoms with Crippen LogP contribution < -0.4 is 0 Å². The van der Waals surface area contributed by atoms with Gasteiger partial charge in [0.25, 0.3) is 0 Å². The van der Waals surface area contributed by atoms with Gasteiger partial charge in [-0.2, -0.15) is 0 Å². The largest absolute Gasteiger partial charge is 0.298 e. The summed E-state index contributed by atoms with van der Waals surface area (Å²) < 4.78 is 0. The van der Waals surface area contributed by atoms with E-state index in [-0.39, 0.29) is 6.04 Å². The van der Waals surface area contributed by atoms with Gasteiger partial charge >= 0.3 is 0 Å². The van der Waals surface area contributed by atoms with Gasteiger partial charge in [-0.3, -0.25) is 14.6 Å². The summed E-state index contributed by atoms with van der Waals surface area (Å²) in [5.41, 5.74) is 5.89. The molecular weight excluding hydrogens is 416 g/mol. The van der Waals surface area contributed by atoms with Gasteiger partial charge in [0.15, 0.2) is 0 Å². The maximum atomic E-state index is 12.2. The molecule has 1 rings (SSSR count). The fourth-order valence-corrected chi connectivity index (χ4v) is 4.39. The highest BCUT2D eigenvalue weighted by molar-refractivity contribution is 5.81. The van der Waals surface area contributed by atoms with E-state index >= 15 is 0 Å². The van der Waals surface area contributed by atoms with Crippen molar-refractivity contribution in [1.82, 2.24) is 9.80 Å². The van der Waals surface area contributed by atoms with Crippen LogP contribution in [0.2, 0.25) is 0 Å². The predicted molar refractivity (Wildman–Crippen MR) is 150 cm³/mol. The van der Waals surface area contributed by atoms with Crippen molar-refractivity contribution in [2.24, 2.45) is 5.92 Å². The zero-order valence-electron chi connectivity index (χ0n) is 23.8. The lowest BCUT2D eigenvalue weighted by molar-refractivity contribution is -0.124. The van der Waals surface area contributed by atoms with Gasteiger partial charge in [0, 0.05) is 26.2 Å². The average Bonchev–Trinajstić information content (AvgIpc) is 2.76. The van der Waals surface area contributed by atoms with Crippen LogP contribution in [-0.2, 0) is 4.79 Å². The minimum atomic E-state index is 0.0664. The molecule has 1 unspecified atom stereocenters. The van der Waals surface area contributed by atoms with Crippen LogP contribution in [0.5, 0.6) is 0 Å². The molecule has 1 aliphatic rings. The first-order chi connectivity index (χ1) is 16.1. The summed E-state index contributed by atoms with van der Waals surface area (Å²) in [6.45, 7) is 22.4. The Hall–Kier alpha value is -1.45. The quantitative estimate of drug-likeness (QED) is 0.229. The van der Waals surface area contributed by atoms with Crippen LogP contribution >= 0.6 is 0 Å². The summed E-state index contributed by atoms with van der Waals surface area (Å²) in [5, 5.41) is 0. The number of Topliss-reactive ketones (excluding diaryl/α,β-unsaturated/α-hetero) is 1. The average molecular weight is 471 g/mol. The van der Waals surface area contributed by atoms with E-state index in [2.05, 4.69) is 82.6 Å². The first-order valence-corrected chi connectivity index (χ1v) is 13.7. The molecule has 0 spiro atoms. The molecule has 1 aliphatic heterocycles. The van der Waals surface area contributed by atoms with E-state index in [1.807, 2.05) is 0 Å². The van der Waals surface area contributed by atoms with Crippen molar-refractivity contribution in [2.75, 3.05) is 32.7 Å². The van der Waals surface area contributed by atoms with E-state index in [1.165, 1.54) is 35.1 Å². The molecule has 0 aromatic carbocycles. The van der Waals surface area contributed by atoms with Gasteiger partial charge in [-0.15, -0.1) is 0 Å². The first kappa shape index (κ1) is 30.6. The standard InChI is InChI=1S/C31H54N2O/c1-25(2)12-9-13-27(5)14-10-15-28(6)16-11-17-29(7)19-20-32-22-23-33(21-18-26(3)4)31(24-32)30(8)34/h12,14,16,19,26,31H,9-11,13,15,17-18,20-24H2,1-8H3. The van der Waals surface area contributed by atoms with Crippen LogP contribution in [0.4, 0.5) is 0 Å². The van der Waals surface area contributed by atoms with Crippen molar-refractivity contribution in [3.8, 4) is 0 Å². The second-order valence-electron chi connectivity index (χ2n) is 11.2. The Labute approximate surface area is 212 Å². The summed E-state index contributed by atoms with van der Waals surface area (Å²) in [4.78, 5) is 17.1. The fourth-order valence-electron chi connectivity index (χ4n) is 4.39. The van der Waals surface area contributed by atoms with Crippen molar-refractivity contribution in [3.05, 3.63) is 46.6 Å². The number of rotatable bonds is 15. The van der Waals surface area contributed by atoms with Gasteiger partial charge in [-0.1, -0.05) is 60.4 Å². The second-order valence-corrected chi connectivity index (χ2v) is 11.2. The Bertz CT molecular complexity index is 722. The molecule has 1 atom stereocenters. The highest BCUT2D eigenvalue weighted by Gasteiger charge is 2.29. The highest BCUT2D eigenvalue weighted by Crippen LogP contribution is 2.16. The minimum absolute atomic E-state index is 0.0664. The normalized spacial score (nSPS) is 19.1. The molecule has 0 radical (unpaired) electrons. The van der Waals surface area contributed by atoms with Gasteiger partial charge in [0.2, 0.25) is 0 Å². The number of nitrogens with zero attached hydrogens (tertiary/aromatic N) is 2. The lowest BCUT2D eigenvalue weighted by Gasteiger charge is -2.40. The maximum Gasteiger partial charge on any atom is 0.148 e. The van der Waals surface area contributed by atoms with Gasteiger partial charge in [0.05, 0.1) is 6.04 Å². The molecule has 0 saturated carbocycles. The summed E-state index contributed by atoms with van der Waals surface area (Å²) in [5.74, 6) is 1.000. The molecule has 1 fully saturated rings. The smallest absolute Gasteiger partial charge is 0.148 e. The van der Waals surface area contributed by atoms with Crippen molar-refractivity contribution >= 4 is 5.78 Å². The zero-order valence-corrected chi connectivity index (χ0v) is 23.8. The van der Waals surface area contributed by atoms with Gasteiger partial charge < -0.3 is 0 Å². The molecule has 1 heterocycles. The third kappa shape index (κ3) is 14.1. The number of allylic oxidation sites excluding steroid dienone is 7. The van der Waals surface area contributed by atoms with E-state index in [0.29, 0.717) is 11.7 Å². The molecule has 0 N–H and O–H groups in total. The first-order valence-electron chi connectivity index (χ1n) is 13.7. The molecule has 0 aromatic heterocycles. The third-order valence-corrected chi connectivity index (χ3v) is 6.89. The third-order valence-electron chi connectivity index (χ3n) is 6.89. The number of ketones is 1. The van der Waals surface area contributed by atoms with E-state index in [1.54, 1.807) is 6.92 Å². The van der Waals surface area contributed by atoms with E-state index < -0.39 is 0 Å². The number of carbonyl (C=O) groups is 1. The molecule has 194 valence electrons. The Kier molecular flexibility index (Phi) is 15.3. The van der Waals surface area contributed by atoms with Gasteiger partial charge in [-0.25, -0.2) is 0 Å². The highest BCUT2D eigenvalue weighted by atomic mass is 16.1. The molecule has 0 bridgehead atoms. The van der Waals surface area contributed by atoms with E-state index in [9.17, 15) is 4.79 Å². The second kappa shape index (κ2) is 17.1. The van der Waals surface area contributed by atoms with Crippen LogP contribution in [0.1, 0.15) is 100 Å². The SMILES string of the molecule is CC(=O)C1CN(CC=C(C)CCC=C(C)CCC=C(C)CCC=C(C)C)CCN1CCC(C)C. The molecule has 34 heavy (non-hydrogen) atoms. The van der Waals surface area contributed by atoms with Gasteiger partial charge in [-0.05, 0) is 99.0 Å². The Balaban J connectivity index is 2.37. The van der Waals surface area contributed by atoms with Crippen LogP contribution in [0.3, 0.4) is 0 Å². The van der Waals surface area contributed by atoms with E-state index in [4.69, 9.17) is 0 Å². The lowest BCUT2D eigenvalue weighted by Crippen LogP contribution is -2.56. The number of piperazine rings is 1.